The van der Waals surface area contributed by atoms with E-state index in [-0.39, 0.29) is 11.0 Å². The number of hydrogen-bond acceptors (Lipinski definition) is 4. The second kappa shape index (κ2) is 9.50. The van der Waals surface area contributed by atoms with E-state index in [2.05, 4.69) is 17.1 Å². The van der Waals surface area contributed by atoms with Gasteiger partial charge in [0.25, 0.3) is 0 Å². The first-order valence-corrected chi connectivity index (χ1v) is 11.4. The lowest BCUT2D eigenvalue weighted by atomic mass is 10.1. The second-order valence-electron chi connectivity index (χ2n) is 7.16. The number of thioether (sulfide) groups is 1. The average Bonchev–Trinajstić information content (AvgIpc) is 3.23. The van der Waals surface area contributed by atoms with Crippen molar-refractivity contribution in [3.8, 4) is 17.1 Å². The maximum atomic E-state index is 13.0. The van der Waals surface area contributed by atoms with Gasteiger partial charge >= 0.3 is 0 Å². The third kappa shape index (κ3) is 4.73. The van der Waals surface area contributed by atoms with E-state index in [0.717, 1.165) is 23.5 Å². The van der Waals surface area contributed by atoms with Gasteiger partial charge in [0, 0.05) is 21.8 Å². The first kappa shape index (κ1) is 21.3. The summed E-state index contributed by atoms with van der Waals surface area (Å²) in [4.78, 5) is 13.0. The van der Waals surface area contributed by atoms with E-state index in [1.165, 1.54) is 17.3 Å². The van der Waals surface area contributed by atoms with Gasteiger partial charge in [-0.05, 0) is 43.2 Å². The van der Waals surface area contributed by atoms with Crippen LogP contribution in [-0.4, -0.2) is 25.8 Å². The Morgan fingerprint density at radius 1 is 0.968 bits per heavy atom. The van der Waals surface area contributed by atoms with Crippen molar-refractivity contribution in [2.24, 2.45) is 0 Å². The lowest BCUT2D eigenvalue weighted by Gasteiger charge is -2.13. The summed E-state index contributed by atoms with van der Waals surface area (Å²) in [5.41, 5.74) is 3.76. The van der Waals surface area contributed by atoms with Crippen molar-refractivity contribution in [1.82, 2.24) is 14.8 Å². The highest BCUT2D eigenvalue weighted by atomic mass is 35.5. The Morgan fingerprint density at radius 3 is 2.29 bits per heavy atom. The fourth-order valence-corrected chi connectivity index (χ4v) is 4.37. The highest BCUT2D eigenvalue weighted by molar-refractivity contribution is 8.00. The summed E-state index contributed by atoms with van der Waals surface area (Å²) < 4.78 is 1.97. The van der Waals surface area contributed by atoms with Gasteiger partial charge in [0.1, 0.15) is 0 Å². The Labute approximate surface area is 191 Å². The monoisotopic (exact) mass is 447 g/mol. The maximum absolute atomic E-state index is 13.0. The van der Waals surface area contributed by atoms with Crippen molar-refractivity contribution in [2.45, 2.75) is 30.7 Å². The van der Waals surface area contributed by atoms with Gasteiger partial charge in [-0.15, -0.1) is 10.2 Å². The number of benzene rings is 3. The van der Waals surface area contributed by atoms with Gasteiger partial charge in [0.2, 0.25) is 0 Å². The number of nitrogens with zero attached hydrogens (tertiary/aromatic N) is 3. The summed E-state index contributed by atoms with van der Waals surface area (Å²) >= 11 is 7.50. The summed E-state index contributed by atoms with van der Waals surface area (Å²) in [6.45, 7) is 4.01. The van der Waals surface area contributed by atoms with Crippen molar-refractivity contribution < 1.29 is 4.79 Å². The number of aromatic nitrogens is 3. The molecule has 4 aromatic rings. The molecule has 0 fully saturated rings. The molecule has 1 unspecified atom stereocenters. The number of Topliss-reactive ketones (excluding diaryl/α,β-unsaturated/α-hetero) is 1. The van der Waals surface area contributed by atoms with Crippen molar-refractivity contribution in [2.75, 3.05) is 0 Å². The maximum Gasteiger partial charge on any atom is 0.196 e. The van der Waals surface area contributed by atoms with E-state index < -0.39 is 0 Å². The van der Waals surface area contributed by atoms with Crippen LogP contribution < -0.4 is 0 Å². The molecule has 4 nitrogen and oxygen atoms in total. The first-order chi connectivity index (χ1) is 15.1. The molecule has 0 amide bonds. The molecule has 3 aromatic carbocycles. The molecule has 0 aliphatic rings. The molecule has 1 atom stereocenters. The standard InChI is InChI=1S/C25H22ClN3OS/c1-3-18-9-11-19(12-10-18)23(30)17(2)31-25-28-27-24(20-7-5-4-6-8-20)29(25)22-15-13-21(26)14-16-22/h4-17H,3H2,1-2H3. The van der Waals surface area contributed by atoms with Crippen LogP contribution >= 0.6 is 23.4 Å². The molecule has 0 radical (unpaired) electrons. The molecule has 0 bridgehead atoms. The average molecular weight is 448 g/mol. The number of carbonyl (C=O) groups excluding carboxylic acids is 1. The largest absolute Gasteiger partial charge is 0.293 e. The van der Waals surface area contributed by atoms with Gasteiger partial charge < -0.3 is 0 Å². The van der Waals surface area contributed by atoms with Crippen molar-refractivity contribution >= 4 is 29.1 Å². The van der Waals surface area contributed by atoms with E-state index in [1.807, 2.05) is 90.4 Å². The van der Waals surface area contributed by atoms with Gasteiger partial charge in [0.05, 0.1) is 5.25 Å². The minimum absolute atomic E-state index is 0.0690. The predicted octanol–water partition coefficient (Wildman–Crippen LogP) is 6.51. The lowest BCUT2D eigenvalue weighted by molar-refractivity contribution is 0.0994. The van der Waals surface area contributed by atoms with Gasteiger partial charge in [0.15, 0.2) is 16.8 Å². The second-order valence-corrected chi connectivity index (χ2v) is 8.90. The molecule has 0 aliphatic carbocycles. The third-order valence-electron chi connectivity index (χ3n) is 5.05. The van der Waals surface area contributed by atoms with Gasteiger partial charge in [-0.1, -0.05) is 84.9 Å². The summed E-state index contributed by atoms with van der Waals surface area (Å²) in [5.74, 6) is 0.789. The number of halogens is 1. The van der Waals surface area contributed by atoms with Crippen LogP contribution in [-0.2, 0) is 6.42 Å². The minimum atomic E-state index is -0.314. The Hall–Kier alpha value is -2.89. The van der Waals surface area contributed by atoms with Crippen LogP contribution in [0, 0.1) is 0 Å². The molecule has 0 saturated heterocycles. The zero-order valence-electron chi connectivity index (χ0n) is 17.3. The Balaban J connectivity index is 1.68. The molecular formula is C25H22ClN3OS. The first-order valence-electron chi connectivity index (χ1n) is 10.1. The van der Waals surface area contributed by atoms with E-state index in [0.29, 0.717) is 15.7 Å². The molecule has 0 spiro atoms. The number of aryl methyl sites for hydroxylation is 1. The number of hydrogen-bond donors (Lipinski definition) is 0. The zero-order valence-corrected chi connectivity index (χ0v) is 18.9. The quantitative estimate of drug-likeness (QED) is 0.239. The molecule has 1 aromatic heterocycles. The highest BCUT2D eigenvalue weighted by Crippen LogP contribution is 2.31. The van der Waals surface area contributed by atoms with Gasteiger partial charge in [-0.25, -0.2) is 0 Å². The molecule has 0 saturated carbocycles. The predicted molar refractivity (Wildman–Crippen MR) is 127 cm³/mol. The third-order valence-corrected chi connectivity index (χ3v) is 6.34. The smallest absolute Gasteiger partial charge is 0.196 e. The van der Waals surface area contributed by atoms with Crippen molar-refractivity contribution in [3.63, 3.8) is 0 Å². The highest BCUT2D eigenvalue weighted by Gasteiger charge is 2.22. The van der Waals surface area contributed by atoms with E-state index >= 15 is 0 Å². The van der Waals surface area contributed by atoms with Crippen LogP contribution in [0.25, 0.3) is 17.1 Å². The van der Waals surface area contributed by atoms with Crippen molar-refractivity contribution in [3.05, 3.63) is 95.0 Å². The number of rotatable bonds is 7. The summed E-state index contributed by atoms with van der Waals surface area (Å²) in [7, 11) is 0. The Kier molecular flexibility index (Phi) is 6.54. The molecule has 6 heteroatoms. The lowest BCUT2D eigenvalue weighted by Crippen LogP contribution is -2.14. The Morgan fingerprint density at radius 2 is 1.65 bits per heavy atom. The number of ketones is 1. The molecule has 31 heavy (non-hydrogen) atoms. The van der Waals surface area contributed by atoms with Crippen LogP contribution in [0.3, 0.4) is 0 Å². The molecule has 156 valence electrons. The normalized spacial score (nSPS) is 12.0. The fourth-order valence-electron chi connectivity index (χ4n) is 3.29. The van der Waals surface area contributed by atoms with Crippen LogP contribution in [0.1, 0.15) is 29.8 Å². The SMILES string of the molecule is CCc1ccc(C(=O)C(C)Sc2nnc(-c3ccccc3)n2-c2ccc(Cl)cc2)cc1. The summed E-state index contributed by atoms with van der Waals surface area (Å²) in [5, 5.41) is 9.87. The van der Waals surface area contributed by atoms with Crippen molar-refractivity contribution in [1.29, 1.82) is 0 Å². The summed E-state index contributed by atoms with van der Waals surface area (Å²) in [6, 6.07) is 25.2. The molecule has 1 heterocycles. The minimum Gasteiger partial charge on any atom is -0.293 e. The topological polar surface area (TPSA) is 47.8 Å². The van der Waals surface area contributed by atoms with Gasteiger partial charge in [-0.3, -0.25) is 9.36 Å². The van der Waals surface area contributed by atoms with Crippen LogP contribution in [0.5, 0.6) is 0 Å². The van der Waals surface area contributed by atoms with Crippen LogP contribution in [0.4, 0.5) is 0 Å². The number of carbonyl (C=O) groups is 1. The van der Waals surface area contributed by atoms with E-state index in [9.17, 15) is 4.79 Å². The van der Waals surface area contributed by atoms with E-state index in [1.54, 1.807) is 0 Å². The fraction of sp³-hybridized carbons (Fsp3) is 0.160. The zero-order chi connectivity index (χ0) is 21.8. The molecule has 4 rings (SSSR count). The summed E-state index contributed by atoms with van der Waals surface area (Å²) in [6.07, 6.45) is 0.950. The van der Waals surface area contributed by atoms with Gasteiger partial charge in [-0.2, -0.15) is 0 Å². The van der Waals surface area contributed by atoms with Crippen LogP contribution in [0.15, 0.2) is 84.0 Å². The van der Waals surface area contributed by atoms with E-state index in [4.69, 9.17) is 11.6 Å². The molecule has 0 aliphatic heterocycles. The Bertz CT molecular complexity index is 1170. The molecular weight excluding hydrogens is 426 g/mol. The van der Waals surface area contributed by atoms with Crippen LogP contribution in [0.2, 0.25) is 5.02 Å². The molecule has 0 N–H and O–H groups in total.